The molecule has 0 radical (unpaired) electrons. The van der Waals surface area contributed by atoms with E-state index in [9.17, 15) is 17.6 Å². The molecule has 0 saturated heterocycles. The van der Waals surface area contributed by atoms with Gasteiger partial charge in [-0.25, -0.2) is 4.39 Å². The fourth-order valence-corrected chi connectivity index (χ4v) is 1.23. The van der Waals surface area contributed by atoms with Gasteiger partial charge in [0.1, 0.15) is 12.4 Å². The molecule has 5 heteroatoms. The summed E-state index contributed by atoms with van der Waals surface area (Å²) in [7, 11) is 1.63. The van der Waals surface area contributed by atoms with Crippen LogP contribution in [0.5, 0.6) is 0 Å². The maximum absolute atomic E-state index is 12.7. The van der Waals surface area contributed by atoms with E-state index in [4.69, 9.17) is 0 Å². The van der Waals surface area contributed by atoms with Crippen LogP contribution in [0, 0.1) is 5.82 Å². The average Bonchev–Trinajstić information content (AvgIpc) is 2.02. The first-order valence-corrected chi connectivity index (χ1v) is 4.08. The van der Waals surface area contributed by atoms with E-state index in [1.807, 2.05) is 0 Å². The van der Waals surface area contributed by atoms with Gasteiger partial charge in [-0.1, -0.05) is 0 Å². The Balaban J connectivity index is 3.15. The molecule has 0 aromatic heterocycles. The molecule has 1 aromatic carbocycles. The van der Waals surface area contributed by atoms with Crippen molar-refractivity contribution in [2.24, 2.45) is 0 Å². The van der Waals surface area contributed by atoms with E-state index >= 15 is 0 Å². The third-order valence-corrected chi connectivity index (χ3v) is 1.80. The monoisotopic (exact) mass is 208 g/mol. The lowest BCUT2D eigenvalue weighted by atomic mass is 10.1. The first-order chi connectivity index (χ1) is 6.45. The van der Waals surface area contributed by atoms with E-state index in [0.717, 1.165) is 18.2 Å². The molecular weight excluding hydrogens is 198 g/mol. The lowest BCUT2D eigenvalue weighted by Crippen LogP contribution is -2.77. The second-order valence-electron chi connectivity index (χ2n) is 2.91. The number of benzene rings is 1. The van der Waals surface area contributed by atoms with Gasteiger partial charge >= 0.3 is 6.18 Å². The predicted molar refractivity (Wildman–Crippen MR) is 43.0 cm³/mol. The van der Waals surface area contributed by atoms with Crippen molar-refractivity contribution in [2.45, 2.75) is 12.7 Å². The lowest BCUT2D eigenvalue weighted by molar-refractivity contribution is -0.643. The summed E-state index contributed by atoms with van der Waals surface area (Å²) in [5, 5.41) is 1.56. The van der Waals surface area contributed by atoms with E-state index in [2.05, 4.69) is 0 Å². The van der Waals surface area contributed by atoms with E-state index in [-0.39, 0.29) is 12.1 Å². The van der Waals surface area contributed by atoms with Gasteiger partial charge in [0.25, 0.3) is 0 Å². The highest BCUT2D eigenvalue weighted by Gasteiger charge is 2.33. The molecule has 0 fully saturated rings. The van der Waals surface area contributed by atoms with Gasteiger partial charge in [0.15, 0.2) is 0 Å². The zero-order valence-corrected chi connectivity index (χ0v) is 7.53. The normalized spacial score (nSPS) is 11.8. The highest BCUT2D eigenvalue weighted by molar-refractivity contribution is 5.29. The van der Waals surface area contributed by atoms with E-state index in [1.165, 1.54) is 0 Å². The average molecular weight is 208 g/mol. The van der Waals surface area contributed by atoms with Crippen molar-refractivity contribution in [3.63, 3.8) is 0 Å². The van der Waals surface area contributed by atoms with Crippen LogP contribution in [-0.2, 0) is 12.7 Å². The number of nitrogens with two attached hydrogens (primary N) is 1. The van der Waals surface area contributed by atoms with Gasteiger partial charge in [-0.15, -0.1) is 0 Å². The van der Waals surface area contributed by atoms with E-state index in [1.54, 1.807) is 12.4 Å². The van der Waals surface area contributed by atoms with Crippen molar-refractivity contribution in [1.82, 2.24) is 0 Å². The summed E-state index contributed by atoms with van der Waals surface area (Å²) in [6.07, 6.45) is -4.41. The minimum Gasteiger partial charge on any atom is -0.345 e. The number of hydrogen-bond donors (Lipinski definition) is 1. The molecule has 0 unspecified atom stereocenters. The first-order valence-electron chi connectivity index (χ1n) is 4.08. The highest BCUT2D eigenvalue weighted by Crippen LogP contribution is 2.31. The van der Waals surface area contributed by atoms with Gasteiger partial charge in [0, 0.05) is 5.56 Å². The molecule has 0 atom stereocenters. The Morgan fingerprint density at radius 3 is 2.43 bits per heavy atom. The summed E-state index contributed by atoms with van der Waals surface area (Å²) in [5.41, 5.74) is -0.794. The smallest absolute Gasteiger partial charge is 0.345 e. The molecule has 78 valence electrons. The van der Waals surface area contributed by atoms with Crippen LogP contribution >= 0.6 is 0 Å². The molecule has 1 aromatic rings. The molecule has 1 nitrogen and oxygen atoms in total. The van der Waals surface area contributed by atoms with Gasteiger partial charge < -0.3 is 5.32 Å². The van der Waals surface area contributed by atoms with Crippen LogP contribution in [0.2, 0.25) is 0 Å². The van der Waals surface area contributed by atoms with Crippen LogP contribution in [0.3, 0.4) is 0 Å². The lowest BCUT2D eigenvalue weighted by Gasteiger charge is -2.10. The topological polar surface area (TPSA) is 16.6 Å². The van der Waals surface area contributed by atoms with E-state index < -0.39 is 17.6 Å². The van der Waals surface area contributed by atoms with Crippen molar-refractivity contribution >= 4 is 0 Å². The summed E-state index contributed by atoms with van der Waals surface area (Å²) in [4.78, 5) is 0. The number of rotatable bonds is 2. The van der Waals surface area contributed by atoms with Crippen molar-refractivity contribution in [1.29, 1.82) is 0 Å². The summed E-state index contributed by atoms with van der Waals surface area (Å²) in [5.74, 6) is -0.644. The second-order valence-corrected chi connectivity index (χ2v) is 2.91. The fraction of sp³-hybridized carbons (Fsp3) is 0.333. The van der Waals surface area contributed by atoms with Crippen molar-refractivity contribution in [3.8, 4) is 0 Å². The molecule has 1 rings (SSSR count). The third-order valence-electron chi connectivity index (χ3n) is 1.80. The molecule has 0 aliphatic rings. The van der Waals surface area contributed by atoms with Gasteiger partial charge in [-0.05, 0) is 18.2 Å². The Hall–Kier alpha value is -1.10. The zero-order valence-electron chi connectivity index (χ0n) is 7.53. The Morgan fingerprint density at radius 2 is 1.93 bits per heavy atom. The molecule has 14 heavy (non-hydrogen) atoms. The number of alkyl halides is 3. The maximum Gasteiger partial charge on any atom is 0.416 e. The van der Waals surface area contributed by atoms with Gasteiger partial charge in [-0.2, -0.15) is 13.2 Å². The maximum atomic E-state index is 12.7. The first kappa shape index (κ1) is 11.0. The van der Waals surface area contributed by atoms with Gasteiger partial charge in [0.05, 0.1) is 12.6 Å². The second kappa shape index (κ2) is 3.96. The Bertz CT molecular complexity index is 319. The predicted octanol–water partition coefficient (Wildman–Crippen LogP) is 1.54. The SMILES string of the molecule is C[NH2+]Cc1cc(F)ccc1C(F)(F)F. The fourth-order valence-electron chi connectivity index (χ4n) is 1.23. The summed E-state index contributed by atoms with van der Waals surface area (Å²) in [6.45, 7) is 0.118. The van der Waals surface area contributed by atoms with Crippen LogP contribution in [0.4, 0.5) is 17.6 Å². The quantitative estimate of drug-likeness (QED) is 0.710. The number of hydrogen-bond acceptors (Lipinski definition) is 0. The molecule has 0 aliphatic carbocycles. The molecule has 0 bridgehead atoms. The van der Waals surface area contributed by atoms with Crippen LogP contribution in [0.1, 0.15) is 11.1 Å². The van der Waals surface area contributed by atoms with Crippen LogP contribution in [0.25, 0.3) is 0 Å². The van der Waals surface area contributed by atoms with Crippen LogP contribution < -0.4 is 5.32 Å². The minimum absolute atomic E-state index is 0.0278. The molecular formula is C9H10F4N+. The summed E-state index contributed by atoms with van der Waals surface area (Å²) >= 11 is 0. The summed E-state index contributed by atoms with van der Waals surface area (Å²) in [6, 6.07) is 2.51. The molecule has 0 aliphatic heterocycles. The van der Waals surface area contributed by atoms with Crippen molar-refractivity contribution < 1.29 is 22.9 Å². The van der Waals surface area contributed by atoms with Crippen LogP contribution in [-0.4, -0.2) is 7.05 Å². The Kier molecular flexibility index (Phi) is 3.10. The van der Waals surface area contributed by atoms with Gasteiger partial charge in [-0.3, -0.25) is 0 Å². The summed E-state index contributed by atoms with van der Waals surface area (Å²) < 4.78 is 49.8. The molecule has 2 N–H and O–H groups in total. The largest absolute Gasteiger partial charge is 0.416 e. The molecule has 0 heterocycles. The highest BCUT2D eigenvalue weighted by atomic mass is 19.4. The van der Waals surface area contributed by atoms with Gasteiger partial charge in [0.2, 0.25) is 0 Å². The zero-order chi connectivity index (χ0) is 10.8. The number of quaternary nitrogens is 1. The third kappa shape index (κ3) is 2.45. The van der Waals surface area contributed by atoms with E-state index in [0.29, 0.717) is 0 Å². The van der Waals surface area contributed by atoms with Crippen molar-refractivity contribution in [2.75, 3.05) is 7.05 Å². The molecule has 0 spiro atoms. The standard InChI is InChI=1S/C9H9F4N/c1-14-5-6-4-7(10)2-3-8(6)9(11,12)13/h2-4,14H,5H2,1H3/p+1. The Labute approximate surface area is 78.7 Å². The Morgan fingerprint density at radius 1 is 1.29 bits per heavy atom. The number of halogens is 4. The minimum atomic E-state index is -4.41. The molecule has 0 amide bonds. The van der Waals surface area contributed by atoms with Crippen molar-refractivity contribution in [3.05, 3.63) is 35.1 Å². The van der Waals surface area contributed by atoms with Crippen LogP contribution in [0.15, 0.2) is 18.2 Å². The molecule has 0 saturated carbocycles.